The molecule has 1 heterocycles. The summed E-state index contributed by atoms with van der Waals surface area (Å²) in [6.07, 6.45) is -5.97. The van der Waals surface area contributed by atoms with E-state index in [-0.39, 0.29) is 5.69 Å². The molecule has 1 atom stereocenters. The molecule has 0 fully saturated rings. The second-order valence-electron chi connectivity index (χ2n) is 6.25. The van der Waals surface area contributed by atoms with Gasteiger partial charge in [0, 0.05) is 10.0 Å². The van der Waals surface area contributed by atoms with Gasteiger partial charge in [-0.1, -0.05) is 40.2 Å². The summed E-state index contributed by atoms with van der Waals surface area (Å²) >= 11 is 3.32. The Morgan fingerprint density at radius 2 is 1.80 bits per heavy atom. The van der Waals surface area contributed by atoms with E-state index in [1.54, 1.807) is 12.1 Å². The second-order valence-corrected chi connectivity index (χ2v) is 7.17. The fraction of sp³-hybridized carbons (Fsp3) is 0.150. The van der Waals surface area contributed by atoms with Crippen molar-refractivity contribution in [1.29, 1.82) is 0 Å². The number of rotatable bonds is 5. The van der Waals surface area contributed by atoms with E-state index in [4.69, 9.17) is 4.74 Å². The van der Waals surface area contributed by atoms with Crippen LogP contribution in [0, 0.1) is 0 Å². The number of anilines is 1. The average molecular weight is 482 g/mol. The van der Waals surface area contributed by atoms with Gasteiger partial charge in [0.2, 0.25) is 0 Å². The van der Waals surface area contributed by atoms with E-state index in [1.807, 2.05) is 12.1 Å². The maximum Gasteiger partial charge on any atom is 0.418 e. The van der Waals surface area contributed by atoms with Gasteiger partial charge in [0.25, 0.3) is 5.91 Å². The molecular formula is C20H15BrF3N3O3. The van der Waals surface area contributed by atoms with Gasteiger partial charge in [-0.05, 0) is 37.3 Å². The van der Waals surface area contributed by atoms with Gasteiger partial charge in [-0.25, -0.2) is 4.79 Å². The molecule has 3 rings (SSSR count). The molecule has 0 radical (unpaired) electrons. The number of nitrogens with zero attached hydrogens (tertiary/aromatic N) is 1. The van der Waals surface area contributed by atoms with Crippen LogP contribution in [-0.4, -0.2) is 28.2 Å². The predicted molar refractivity (Wildman–Crippen MR) is 107 cm³/mol. The molecule has 0 bridgehead atoms. The highest BCUT2D eigenvalue weighted by Crippen LogP contribution is 2.34. The van der Waals surface area contributed by atoms with Gasteiger partial charge >= 0.3 is 12.1 Å². The largest absolute Gasteiger partial charge is 0.448 e. The highest BCUT2D eigenvalue weighted by atomic mass is 79.9. The summed E-state index contributed by atoms with van der Waals surface area (Å²) in [6, 6.07) is 13.2. The molecule has 1 amide bonds. The van der Waals surface area contributed by atoms with Crippen molar-refractivity contribution in [3.63, 3.8) is 0 Å². The normalized spacial score (nSPS) is 12.3. The molecule has 0 aliphatic heterocycles. The molecule has 2 N–H and O–H groups in total. The lowest BCUT2D eigenvalue weighted by Gasteiger charge is -2.16. The van der Waals surface area contributed by atoms with E-state index < -0.39 is 35.4 Å². The zero-order chi connectivity index (χ0) is 21.9. The van der Waals surface area contributed by atoms with Crippen LogP contribution in [-0.2, 0) is 15.7 Å². The fourth-order valence-electron chi connectivity index (χ4n) is 2.55. The van der Waals surface area contributed by atoms with Crippen LogP contribution < -0.4 is 5.32 Å². The molecule has 6 nitrogen and oxygen atoms in total. The maximum atomic E-state index is 13.0. The Bertz CT molecular complexity index is 1060. The van der Waals surface area contributed by atoms with Crippen molar-refractivity contribution >= 4 is 33.5 Å². The molecule has 0 saturated carbocycles. The molecular weight excluding hydrogens is 467 g/mol. The van der Waals surface area contributed by atoms with Crippen LogP contribution in [0.5, 0.6) is 0 Å². The standard InChI is InChI=1S/C20H15BrF3N3O3/c1-11(18(28)25-15-5-3-2-4-14(15)20(22,23)24)30-19(29)17-10-16(26-27-17)12-6-8-13(21)9-7-12/h2-11H,1H3,(H,25,28)(H,26,27). The minimum Gasteiger partial charge on any atom is -0.448 e. The predicted octanol–water partition coefficient (Wildman–Crippen LogP) is 5.04. The van der Waals surface area contributed by atoms with E-state index in [1.165, 1.54) is 25.1 Å². The van der Waals surface area contributed by atoms with E-state index >= 15 is 0 Å². The summed E-state index contributed by atoms with van der Waals surface area (Å²) in [7, 11) is 0. The average Bonchev–Trinajstić information content (AvgIpc) is 3.18. The molecule has 30 heavy (non-hydrogen) atoms. The van der Waals surface area contributed by atoms with Crippen LogP contribution in [0.2, 0.25) is 0 Å². The van der Waals surface area contributed by atoms with Crippen molar-refractivity contribution in [1.82, 2.24) is 10.2 Å². The number of carbonyl (C=O) groups excluding carboxylic acids is 2. The number of benzene rings is 2. The highest BCUT2D eigenvalue weighted by molar-refractivity contribution is 9.10. The third kappa shape index (κ3) is 5.07. The number of alkyl halides is 3. The van der Waals surface area contributed by atoms with Gasteiger partial charge in [0.15, 0.2) is 6.10 Å². The molecule has 0 aliphatic rings. The minimum absolute atomic E-state index is 0.00302. The van der Waals surface area contributed by atoms with Crippen molar-refractivity contribution in [3.8, 4) is 11.3 Å². The van der Waals surface area contributed by atoms with Crippen LogP contribution >= 0.6 is 15.9 Å². The Balaban J connectivity index is 1.66. The molecule has 0 saturated heterocycles. The molecule has 3 aromatic rings. The van der Waals surface area contributed by atoms with Crippen molar-refractivity contribution in [2.45, 2.75) is 19.2 Å². The van der Waals surface area contributed by atoms with Gasteiger partial charge in [0.1, 0.15) is 5.69 Å². The van der Waals surface area contributed by atoms with Crippen LogP contribution in [0.15, 0.2) is 59.1 Å². The van der Waals surface area contributed by atoms with Gasteiger partial charge in [-0.2, -0.15) is 18.3 Å². The first-order valence-corrected chi connectivity index (χ1v) is 9.44. The monoisotopic (exact) mass is 481 g/mol. The van der Waals surface area contributed by atoms with Crippen LogP contribution in [0.1, 0.15) is 23.0 Å². The number of hydrogen-bond donors (Lipinski definition) is 2. The lowest BCUT2D eigenvalue weighted by atomic mass is 10.1. The first-order chi connectivity index (χ1) is 14.1. The number of carbonyl (C=O) groups is 2. The SMILES string of the molecule is CC(OC(=O)c1cc(-c2ccc(Br)cc2)n[nH]1)C(=O)Nc1ccccc1C(F)(F)F. The summed E-state index contributed by atoms with van der Waals surface area (Å²) in [4.78, 5) is 24.5. The van der Waals surface area contributed by atoms with Gasteiger partial charge < -0.3 is 10.1 Å². The number of aromatic amines is 1. The first-order valence-electron chi connectivity index (χ1n) is 8.64. The summed E-state index contributed by atoms with van der Waals surface area (Å²) in [5.74, 6) is -1.76. The zero-order valence-corrected chi connectivity index (χ0v) is 17.0. The van der Waals surface area contributed by atoms with Gasteiger partial charge in [0.05, 0.1) is 16.9 Å². The lowest BCUT2D eigenvalue weighted by molar-refractivity contribution is -0.137. The first kappa shape index (κ1) is 21.6. The smallest absolute Gasteiger partial charge is 0.418 e. The fourth-order valence-corrected chi connectivity index (χ4v) is 2.81. The Morgan fingerprint density at radius 1 is 1.13 bits per heavy atom. The van der Waals surface area contributed by atoms with E-state index in [0.717, 1.165) is 22.2 Å². The quantitative estimate of drug-likeness (QED) is 0.499. The van der Waals surface area contributed by atoms with Crippen molar-refractivity contribution in [2.24, 2.45) is 0 Å². The summed E-state index contributed by atoms with van der Waals surface area (Å²) in [5.41, 5.74) is -0.168. The van der Waals surface area contributed by atoms with Gasteiger partial charge in [-0.3, -0.25) is 9.89 Å². The van der Waals surface area contributed by atoms with Crippen molar-refractivity contribution in [2.75, 3.05) is 5.32 Å². The van der Waals surface area contributed by atoms with Crippen LogP contribution in [0.4, 0.5) is 18.9 Å². The van der Waals surface area contributed by atoms with E-state index in [2.05, 4.69) is 31.4 Å². The number of halogens is 4. The zero-order valence-electron chi connectivity index (χ0n) is 15.5. The summed E-state index contributed by atoms with van der Waals surface area (Å²) < 4.78 is 45.1. The van der Waals surface area contributed by atoms with Crippen molar-refractivity contribution < 1.29 is 27.5 Å². The van der Waals surface area contributed by atoms with Gasteiger partial charge in [-0.15, -0.1) is 0 Å². The Labute approximate surface area is 177 Å². The number of amides is 1. The number of ether oxygens (including phenoxy) is 1. The molecule has 1 aromatic heterocycles. The number of H-pyrrole nitrogens is 1. The second kappa shape index (κ2) is 8.70. The van der Waals surface area contributed by atoms with Crippen LogP contribution in [0.3, 0.4) is 0 Å². The Morgan fingerprint density at radius 3 is 2.47 bits per heavy atom. The maximum absolute atomic E-state index is 13.0. The van der Waals surface area contributed by atoms with E-state index in [9.17, 15) is 22.8 Å². The number of para-hydroxylation sites is 1. The number of nitrogens with one attached hydrogen (secondary N) is 2. The molecule has 10 heteroatoms. The molecule has 0 spiro atoms. The molecule has 0 aliphatic carbocycles. The molecule has 2 aromatic carbocycles. The van der Waals surface area contributed by atoms with Crippen molar-refractivity contribution in [3.05, 3.63) is 70.3 Å². The topological polar surface area (TPSA) is 84.1 Å². The number of aromatic nitrogens is 2. The Kier molecular flexibility index (Phi) is 6.25. The number of esters is 1. The third-order valence-corrected chi connectivity index (χ3v) is 4.61. The van der Waals surface area contributed by atoms with E-state index in [0.29, 0.717) is 5.69 Å². The lowest BCUT2D eigenvalue weighted by Crippen LogP contribution is -2.30. The summed E-state index contributed by atoms with van der Waals surface area (Å²) in [6.45, 7) is 1.26. The molecule has 156 valence electrons. The number of hydrogen-bond acceptors (Lipinski definition) is 4. The Hall–Kier alpha value is -3.14. The summed E-state index contributed by atoms with van der Waals surface area (Å²) in [5, 5.41) is 8.70. The third-order valence-electron chi connectivity index (χ3n) is 4.08. The van der Waals surface area contributed by atoms with Crippen LogP contribution in [0.25, 0.3) is 11.3 Å². The minimum atomic E-state index is -4.64. The highest BCUT2D eigenvalue weighted by Gasteiger charge is 2.34. The molecule has 1 unspecified atom stereocenters.